The van der Waals surface area contributed by atoms with Gasteiger partial charge in [-0.05, 0) is 19.8 Å². The highest BCUT2D eigenvalue weighted by Crippen LogP contribution is 2.43. The third kappa shape index (κ3) is 2.49. The average molecular weight is 256 g/mol. The first-order valence-corrected chi connectivity index (χ1v) is 5.94. The fourth-order valence-electron chi connectivity index (χ4n) is 1.98. The molecule has 17 heavy (non-hydrogen) atoms. The molecule has 5 nitrogen and oxygen atoms in total. The van der Waals surface area contributed by atoms with Gasteiger partial charge in [0.15, 0.2) is 0 Å². The number of rotatable bonds is 3. The van der Waals surface area contributed by atoms with Gasteiger partial charge in [-0.2, -0.15) is 0 Å². The lowest BCUT2D eigenvalue weighted by Crippen LogP contribution is -2.31. The lowest BCUT2D eigenvalue weighted by molar-refractivity contribution is -0.151. The molecule has 1 fully saturated rings. The number of anilines is 1. The topological polar surface area (TPSA) is 78.1 Å². The zero-order valence-corrected chi connectivity index (χ0v) is 10.3. The van der Waals surface area contributed by atoms with Crippen LogP contribution in [0.15, 0.2) is 6.20 Å². The summed E-state index contributed by atoms with van der Waals surface area (Å²) in [4.78, 5) is 19.6. The molecule has 1 aliphatic carbocycles. The summed E-state index contributed by atoms with van der Waals surface area (Å²) in [6.45, 7) is 2.22. The van der Waals surface area contributed by atoms with Crippen LogP contribution in [0.1, 0.15) is 31.4 Å². The van der Waals surface area contributed by atoms with Crippen molar-refractivity contribution in [1.29, 1.82) is 0 Å². The molecule has 0 saturated heterocycles. The second kappa shape index (κ2) is 4.87. The Balaban J connectivity index is 1.99. The fourth-order valence-corrected chi connectivity index (χ4v) is 2.12. The standard InChI is InChI=1S/C11H14ClN3O2/c1-2-17-11(16)7-3-6(4-7)9-10(13)14-5-8(12)15-9/h5-7H,2-4H2,1H3,(H2,13,14). The first kappa shape index (κ1) is 12.1. The van der Waals surface area contributed by atoms with Crippen LogP contribution in [0.3, 0.4) is 0 Å². The number of carbonyl (C=O) groups excluding carboxylic acids is 1. The number of nitrogens with two attached hydrogens (primary N) is 1. The monoisotopic (exact) mass is 255 g/mol. The van der Waals surface area contributed by atoms with E-state index in [9.17, 15) is 4.79 Å². The van der Waals surface area contributed by atoms with E-state index in [0.717, 1.165) is 0 Å². The van der Waals surface area contributed by atoms with Gasteiger partial charge < -0.3 is 10.5 Å². The number of hydrogen-bond acceptors (Lipinski definition) is 5. The Kier molecular flexibility index (Phi) is 3.47. The fraction of sp³-hybridized carbons (Fsp3) is 0.545. The number of hydrogen-bond donors (Lipinski definition) is 1. The summed E-state index contributed by atoms with van der Waals surface area (Å²) < 4.78 is 4.95. The number of nitrogens with zero attached hydrogens (tertiary/aromatic N) is 2. The van der Waals surface area contributed by atoms with Gasteiger partial charge in [0.25, 0.3) is 0 Å². The molecule has 0 unspecified atom stereocenters. The Morgan fingerprint density at radius 3 is 3.00 bits per heavy atom. The third-order valence-electron chi connectivity index (χ3n) is 2.94. The second-order valence-corrected chi connectivity index (χ2v) is 4.47. The minimum atomic E-state index is -0.141. The van der Waals surface area contributed by atoms with Gasteiger partial charge in [-0.25, -0.2) is 9.97 Å². The van der Waals surface area contributed by atoms with E-state index in [1.807, 2.05) is 0 Å². The van der Waals surface area contributed by atoms with Crippen LogP contribution in [-0.2, 0) is 9.53 Å². The first-order chi connectivity index (χ1) is 8.11. The van der Waals surface area contributed by atoms with Crippen LogP contribution < -0.4 is 5.73 Å². The number of halogens is 1. The molecule has 0 atom stereocenters. The lowest BCUT2D eigenvalue weighted by Gasteiger charge is -2.33. The maximum atomic E-state index is 11.4. The normalized spacial score (nSPS) is 22.9. The van der Waals surface area contributed by atoms with Gasteiger partial charge in [-0.1, -0.05) is 11.6 Å². The number of ether oxygens (including phenoxy) is 1. The molecular formula is C11H14ClN3O2. The lowest BCUT2D eigenvalue weighted by atomic mass is 9.73. The largest absolute Gasteiger partial charge is 0.466 e. The third-order valence-corrected chi connectivity index (χ3v) is 3.13. The summed E-state index contributed by atoms with van der Waals surface area (Å²) in [6.07, 6.45) is 2.83. The summed E-state index contributed by atoms with van der Waals surface area (Å²) in [7, 11) is 0. The summed E-state index contributed by atoms with van der Waals surface area (Å²) in [5.74, 6) is 0.370. The Labute approximate surface area is 104 Å². The number of nitrogen functional groups attached to an aromatic ring is 1. The van der Waals surface area contributed by atoms with Crippen molar-refractivity contribution in [2.45, 2.75) is 25.7 Å². The van der Waals surface area contributed by atoms with Crippen LogP contribution in [0.4, 0.5) is 5.82 Å². The van der Waals surface area contributed by atoms with Crippen molar-refractivity contribution in [3.63, 3.8) is 0 Å². The van der Waals surface area contributed by atoms with Crippen LogP contribution in [0.25, 0.3) is 0 Å². The van der Waals surface area contributed by atoms with Crippen molar-refractivity contribution >= 4 is 23.4 Å². The van der Waals surface area contributed by atoms with E-state index in [0.29, 0.717) is 36.1 Å². The molecule has 1 aliphatic rings. The number of esters is 1. The molecule has 0 spiro atoms. The Bertz CT molecular complexity index is 433. The van der Waals surface area contributed by atoms with E-state index in [2.05, 4.69) is 9.97 Å². The predicted molar refractivity (Wildman–Crippen MR) is 63.6 cm³/mol. The Morgan fingerprint density at radius 1 is 1.65 bits per heavy atom. The molecular weight excluding hydrogens is 242 g/mol. The van der Waals surface area contributed by atoms with E-state index in [1.165, 1.54) is 6.20 Å². The Hall–Kier alpha value is -1.36. The summed E-state index contributed by atoms with van der Waals surface area (Å²) >= 11 is 5.77. The van der Waals surface area contributed by atoms with Gasteiger partial charge in [-0.15, -0.1) is 0 Å². The Morgan fingerprint density at radius 2 is 2.35 bits per heavy atom. The maximum absolute atomic E-state index is 11.4. The van der Waals surface area contributed by atoms with Crippen LogP contribution in [0.5, 0.6) is 0 Å². The molecule has 2 rings (SSSR count). The summed E-state index contributed by atoms with van der Waals surface area (Å²) in [6, 6.07) is 0. The van der Waals surface area contributed by atoms with Crippen LogP contribution in [0, 0.1) is 5.92 Å². The highest BCUT2D eigenvalue weighted by Gasteiger charge is 2.38. The van der Waals surface area contributed by atoms with Gasteiger partial charge in [0, 0.05) is 5.92 Å². The van der Waals surface area contributed by atoms with Crippen LogP contribution in [0.2, 0.25) is 5.15 Å². The number of aromatic nitrogens is 2. The van der Waals surface area contributed by atoms with Crippen molar-refractivity contribution in [1.82, 2.24) is 9.97 Å². The van der Waals surface area contributed by atoms with Crippen molar-refractivity contribution in [2.24, 2.45) is 5.92 Å². The molecule has 1 heterocycles. The molecule has 0 aromatic carbocycles. The zero-order valence-electron chi connectivity index (χ0n) is 9.52. The molecule has 0 amide bonds. The molecule has 0 bridgehead atoms. The van der Waals surface area contributed by atoms with Crippen LogP contribution in [-0.4, -0.2) is 22.5 Å². The van der Waals surface area contributed by atoms with Crippen molar-refractivity contribution in [3.05, 3.63) is 17.0 Å². The quantitative estimate of drug-likeness (QED) is 0.833. The van der Waals surface area contributed by atoms with Gasteiger partial charge in [-0.3, -0.25) is 4.79 Å². The summed E-state index contributed by atoms with van der Waals surface area (Å²) in [5, 5.41) is 0.328. The summed E-state index contributed by atoms with van der Waals surface area (Å²) in [5.41, 5.74) is 6.42. The van der Waals surface area contributed by atoms with Crippen molar-refractivity contribution in [3.8, 4) is 0 Å². The van der Waals surface area contributed by atoms with E-state index in [4.69, 9.17) is 22.1 Å². The molecule has 92 valence electrons. The molecule has 0 aliphatic heterocycles. The molecule has 1 aromatic rings. The minimum absolute atomic E-state index is 0.0415. The van der Waals surface area contributed by atoms with E-state index >= 15 is 0 Å². The van der Waals surface area contributed by atoms with Gasteiger partial charge in [0.2, 0.25) is 0 Å². The van der Waals surface area contributed by atoms with Crippen molar-refractivity contribution < 1.29 is 9.53 Å². The molecule has 2 N–H and O–H groups in total. The van der Waals surface area contributed by atoms with Gasteiger partial charge in [0.05, 0.1) is 24.4 Å². The highest BCUT2D eigenvalue weighted by atomic mass is 35.5. The van der Waals surface area contributed by atoms with E-state index < -0.39 is 0 Å². The highest BCUT2D eigenvalue weighted by molar-refractivity contribution is 6.29. The van der Waals surface area contributed by atoms with Gasteiger partial charge in [0.1, 0.15) is 11.0 Å². The smallest absolute Gasteiger partial charge is 0.308 e. The zero-order chi connectivity index (χ0) is 12.4. The SMILES string of the molecule is CCOC(=O)C1CC(c2nc(Cl)cnc2N)C1. The molecule has 0 radical (unpaired) electrons. The van der Waals surface area contributed by atoms with Crippen molar-refractivity contribution in [2.75, 3.05) is 12.3 Å². The first-order valence-electron chi connectivity index (χ1n) is 5.56. The van der Waals surface area contributed by atoms with Gasteiger partial charge >= 0.3 is 5.97 Å². The van der Waals surface area contributed by atoms with E-state index in [1.54, 1.807) is 6.92 Å². The molecule has 1 aromatic heterocycles. The molecule has 6 heteroatoms. The van der Waals surface area contributed by atoms with Crippen LogP contribution >= 0.6 is 11.6 Å². The molecule has 1 saturated carbocycles. The second-order valence-electron chi connectivity index (χ2n) is 4.08. The maximum Gasteiger partial charge on any atom is 0.308 e. The number of carbonyl (C=O) groups is 1. The van der Waals surface area contributed by atoms with E-state index in [-0.39, 0.29) is 17.8 Å². The average Bonchev–Trinajstić information content (AvgIpc) is 2.21. The minimum Gasteiger partial charge on any atom is -0.466 e. The predicted octanol–water partition coefficient (Wildman–Crippen LogP) is 1.77.